The number of rotatable bonds is 3. The van der Waals surface area contributed by atoms with Gasteiger partial charge in [-0.2, -0.15) is 0 Å². The van der Waals surface area contributed by atoms with Crippen LogP contribution in [-0.2, 0) is 4.79 Å². The second-order valence-electron chi connectivity index (χ2n) is 8.24. The fourth-order valence-electron chi connectivity index (χ4n) is 4.57. The highest BCUT2D eigenvalue weighted by molar-refractivity contribution is 8.19. The SMILES string of the molecule is CCN1C(=O)C(=C2Sc3ccccc3N2C)SC1=Nc1ccc(C2CCCCC2)cc1. The van der Waals surface area contributed by atoms with Crippen LogP contribution in [0.4, 0.5) is 11.4 Å². The van der Waals surface area contributed by atoms with Crippen molar-refractivity contribution in [3.63, 3.8) is 0 Å². The highest BCUT2D eigenvalue weighted by Crippen LogP contribution is 2.50. The Morgan fingerprint density at radius 1 is 1.00 bits per heavy atom. The van der Waals surface area contributed by atoms with Crippen molar-refractivity contribution in [3.8, 4) is 0 Å². The summed E-state index contributed by atoms with van der Waals surface area (Å²) in [5, 5.41) is 1.76. The molecule has 0 aromatic heterocycles. The summed E-state index contributed by atoms with van der Waals surface area (Å²) in [4.78, 5) is 23.9. The zero-order valence-corrected chi connectivity index (χ0v) is 19.6. The molecular formula is C25H27N3OS2. The molecule has 0 radical (unpaired) electrons. The maximum absolute atomic E-state index is 13.2. The van der Waals surface area contributed by atoms with Gasteiger partial charge in [-0.3, -0.25) is 9.69 Å². The Hall–Kier alpha value is -2.18. The molecule has 1 amide bonds. The predicted molar refractivity (Wildman–Crippen MR) is 132 cm³/mol. The molecule has 0 unspecified atom stereocenters. The van der Waals surface area contributed by atoms with E-state index in [1.807, 2.05) is 26.1 Å². The van der Waals surface area contributed by atoms with E-state index in [0.717, 1.165) is 26.5 Å². The van der Waals surface area contributed by atoms with E-state index < -0.39 is 0 Å². The summed E-state index contributed by atoms with van der Waals surface area (Å²) in [6.07, 6.45) is 6.65. The van der Waals surface area contributed by atoms with Crippen LogP contribution in [0.25, 0.3) is 0 Å². The third-order valence-corrected chi connectivity index (χ3v) is 8.74. The number of hydrogen-bond acceptors (Lipinski definition) is 5. The first kappa shape index (κ1) is 20.7. The third-order valence-electron chi connectivity index (χ3n) is 6.31. The minimum atomic E-state index is 0.0484. The van der Waals surface area contributed by atoms with Crippen molar-refractivity contribution in [2.45, 2.75) is 49.8 Å². The second kappa shape index (κ2) is 8.75. The number of benzene rings is 2. The lowest BCUT2D eigenvalue weighted by molar-refractivity contribution is -0.122. The van der Waals surface area contributed by atoms with Gasteiger partial charge in [0.25, 0.3) is 5.91 Å². The number of para-hydroxylation sites is 1. The number of carbonyl (C=O) groups is 1. The number of fused-ring (bicyclic) bond motifs is 1. The molecule has 1 saturated carbocycles. The van der Waals surface area contributed by atoms with Gasteiger partial charge < -0.3 is 4.90 Å². The average molecular weight is 450 g/mol. The molecule has 5 rings (SSSR count). The molecule has 2 aromatic carbocycles. The molecule has 0 N–H and O–H groups in total. The minimum absolute atomic E-state index is 0.0484. The summed E-state index contributed by atoms with van der Waals surface area (Å²) >= 11 is 3.16. The average Bonchev–Trinajstić information content (AvgIpc) is 3.31. The van der Waals surface area contributed by atoms with Crippen molar-refractivity contribution in [3.05, 3.63) is 64.0 Å². The van der Waals surface area contributed by atoms with E-state index in [1.165, 1.54) is 54.3 Å². The molecule has 2 aromatic rings. The molecule has 2 aliphatic heterocycles. The maximum atomic E-state index is 13.2. The van der Waals surface area contributed by atoms with E-state index in [0.29, 0.717) is 12.5 Å². The van der Waals surface area contributed by atoms with Crippen LogP contribution in [0, 0.1) is 0 Å². The van der Waals surface area contributed by atoms with Crippen molar-refractivity contribution >= 4 is 46.0 Å². The Morgan fingerprint density at radius 3 is 2.45 bits per heavy atom. The van der Waals surface area contributed by atoms with Crippen molar-refractivity contribution < 1.29 is 4.79 Å². The van der Waals surface area contributed by atoms with E-state index in [4.69, 9.17) is 4.99 Å². The summed E-state index contributed by atoms with van der Waals surface area (Å²) < 4.78 is 0. The highest BCUT2D eigenvalue weighted by Gasteiger charge is 2.38. The van der Waals surface area contributed by atoms with Gasteiger partial charge in [0.1, 0.15) is 4.91 Å². The van der Waals surface area contributed by atoms with Gasteiger partial charge in [0, 0.05) is 18.5 Å². The number of aliphatic imine (C=N–C) groups is 1. The summed E-state index contributed by atoms with van der Waals surface area (Å²) in [6, 6.07) is 16.9. The largest absolute Gasteiger partial charge is 0.337 e. The van der Waals surface area contributed by atoms with E-state index >= 15 is 0 Å². The van der Waals surface area contributed by atoms with Gasteiger partial charge >= 0.3 is 0 Å². The number of carbonyl (C=O) groups excluding carboxylic acids is 1. The number of likely N-dealkylation sites (N-methyl/N-ethyl adjacent to an activating group) is 1. The fourth-order valence-corrected chi connectivity index (χ4v) is 6.97. The van der Waals surface area contributed by atoms with Gasteiger partial charge in [-0.05, 0) is 67.3 Å². The zero-order chi connectivity index (χ0) is 21.4. The van der Waals surface area contributed by atoms with E-state index in [2.05, 4.69) is 41.3 Å². The molecule has 0 atom stereocenters. The lowest BCUT2D eigenvalue weighted by Crippen LogP contribution is -2.29. The standard InChI is InChI=1S/C25H27N3OS2/c1-3-28-23(29)22(24-27(2)20-11-7-8-12-21(20)30-24)31-25(28)26-19-15-13-18(14-16-19)17-9-5-4-6-10-17/h7-8,11-17H,3-6,9-10H2,1-2H3. The summed E-state index contributed by atoms with van der Waals surface area (Å²) in [5.41, 5.74) is 3.49. The molecule has 4 nitrogen and oxygen atoms in total. The molecule has 1 aliphatic carbocycles. The smallest absolute Gasteiger partial charge is 0.269 e. The molecule has 6 heteroatoms. The molecule has 160 valence electrons. The van der Waals surface area contributed by atoms with Crippen LogP contribution >= 0.6 is 23.5 Å². The number of thioether (sulfide) groups is 2. The lowest BCUT2D eigenvalue weighted by atomic mass is 9.84. The Kier molecular flexibility index (Phi) is 5.85. The van der Waals surface area contributed by atoms with Gasteiger partial charge in [0.05, 0.1) is 16.4 Å². The first-order valence-electron chi connectivity index (χ1n) is 11.1. The number of amides is 1. The molecule has 0 spiro atoms. The summed E-state index contributed by atoms with van der Waals surface area (Å²) in [7, 11) is 2.03. The Balaban J connectivity index is 1.41. The lowest BCUT2D eigenvalue weighted by Gasteiger charge is -2.21. The molecule has 2 heterocycles. The van der Waals surface area contributed by atoms with Crippen molar-refractivity contribution in [1.29, 1.82) is 0 Å². The van der Waals surface area contributed by atoms with Gasteiger partial charge in [0.15, 0.2) is 5.17 Å². The minimum Gasteiger partial charge on any atom is -0.337 e. The quantitative estimate of drug-likeness (QED) is 0.487. The molecule has 3 aliphatic rings. The maximum Gasteiger partial charge on any atom is 0.269 e. The monoisotopic (exact) mass is 449 g/mol. The van der Waals surface area contributed by atoms with E-state index in [9.17, 15) is 4.79 Å². The normalized spacial score (nSPS) is 23.2. The van der Waals surface area contributed by atoms with Gasteiger partial charge in [-0.1, -0.05) is 55.3 Å². The molecular weight excluding hydrogens is 422 g/mol. The van der Waals surface area contributed by atoms with Crippen molar-refractivity contribution in [1.82, 2.24) is 4.90 Å². The van der Waals surface area contributed by atoms with Crippen LogP contribution in [0.1, 0.15) is 50.5 Å². The molecule has 2 fully saturated rings. The summed E-state index contributed by atoms with van der Waals surface area (Å²) in [6.45, 7) is 2.62. The Morgan fingerprint density at radius 2 is 1.74 bits per heavy atom. The van der Waals surface area contributed by atoms with Crippen molar-refractivity contribution in [2.24, 2.45) is 4.99 Å². The van der Waals surface area contributed by atoms with Gasteiger partial charge in [-0.15, -0.1) is 0 Å². The number of anilines is 1. The molecule has 1 saturated heterocycles. The van der Waals surface area contributed by atoms with E-state index in [1.54, 1.807) is 16.7 Å². The highest BCUT2D eigenvalue weighted by atomic mass is 32.2. The van der Waals surface area contributed by atoms with Crippen LogP contribution in [0.15, 0.2) is 68.4 Å². The molecule has 31 heavy (non-hydrogen) atoms. The first-order chi connectivity index (χ1) is 15.2. The number of nitrogens with zero attached hydrogens (tertiary/aromatic N) is 3. The van der Waals surface area contributed by atoms with Crippen LogP contribution in [0.3, 0.4) is 0 Å². The van der Waals surface area contributed by atoms with Crippen LogP contribution < -0.4 is 4.90 Å². The molecule has 0 bridgehead atoms. The second-order valence-corrected chi connectivity index (χ2v) is 10.2. The zero-order valence-electron chi connectivity index (χ0n) is 18.0. The van der Waals surface area contributed by atoms with Crippen LogP contribution in [0.5, 0.6) is 0 Å². The van der Waals surface area contributed by atoms with Crippen molar-refractivity contribution in [2.75, 3.05) is 18.5 Å². The third kappa shape index (κ3) is 3.92. The summed E-state index contributed by atoms with van der Waals surface area (Å²) in [5.74, 6) is 0.741. The predicted octanol–water partition coefficient (Wildman–Crippen LogP) is 6.73. The fraction of sp³-hybridized carbons (Fsp3) is 0.360. The first-order valence-corrected chi connectivity index (χ1v) is 12.7. The van der Waals surface area contributed by atoms with Crippen LogP contribution in [-0.4, -0.2) is 29.6 Å². The van der Waals surface area contributed by atoms with E-state index in [-0.39, 0.29) is 5.91 Å². The van der Waals surface area contributed by atoms with Gasteiger partial charge in [0.2, 0.25) is 0 Å². The Bertz CT molecular complexity index is 1050. The topological polar surface area (TPSA) is 35.9 Å². The van der Waals surface area contributed by atoms with Crippen LogP contribution in [0.2, 0.25) is 0 Å². The van der Waals surface area contributed by atoms with Gasteiger partial charge in [-0.25, -0.2) is 4.99 Å². The number of hydrogen-bond donors (Lipinski definition) is 0. The Labute approximate surface area is 192 Å². The number of amidine groups is 1.